The third-order valence-electron chi connectivity index (χ3n) is 6.88. The van der Waals surface area contributed by atoms with Gasteiger partial charge >= 0.3 is 0 Å². The van der Waals surface area contributed by atoms with Gasteiger partial charge in [-0.25, -0.2) is 0 Å². The number of nitrogens with one attached hydrogen (secondary N) is 1. The largest absolute Gasteiger partial charge is 0.341 e. The first-order chi connectivity index (χ1) is 15.9. The highest BCUT2D eigenvalue weighted by Crippen LogP contribution is 2.25. The van der Waals surface area contributed by atoms with E-state index in [-0.39, 0.29) is 23.6 Å². The molecule has 2 aromatic rings. The lowest BCUT2D eigenvalue weighted by atomic mass is 9.88. The van der Waals surface area contributed by atoms with Crippen molar-refractivity contribution in [1.82, 2.24) is 15.1 Å². The number of carbonyl (C=O) groups is 3. The third-order valence-corrected chi connectivity index (χ3v) is 6.88. The van der Waals surface area contributed by atoms with Crippen LogP contribution in [-0.4, -0.2) is 59.7 Å². The van der Waals surface area contributed by atoms with Gasteiger partial charge in [0, 0.05) is 37.3 Å². The van der Waals surface area contributed by atoms with Gasteiger partial charge in [-0.15, -0.1) is 0 Å². The zero-order valence-electron chi connectivity index (χ0n) is 19.5. The monoisotopic (exact) mass is 447 g/mol. The fourth-order valence-corrected chi connectivity index (χ4v) is 4.76. The van der Waals surface area contributed by atoms with Crippen LogP contribution in [0.2, 0.25) is 0 Å². The van der Waals surface area contributed by atoms with E-state index < -0.39 is 6.04 Å². The minimum atomic E-state index is -0.562. The van der Waals surface area contributed by atoms with Gasteiger partial charge in [-0.2, -0.15) is 0 Å². The number of likely N-dealkylation sites (tertiary alicyclic amines) is 2. The molecular formula is C27H33N3O3. The highest BCUT2D eigenvalue weighted by atomic mass is 16.2. The molecule has 6 nitrogen and oxygen atoms in total. The lowest BCUT2D eigenvalue weighted by molar-refractivity contribution is -0.134. The van der Waals surface area contributed by atoms with Crippen LogP contribution < -0.4 is 5.32 Å². The summed E-state index contributed by atoms with van der Waals surface area (Å²) in [5, 5.41) is 3.05. The van der Waals surface area contributed by atoms with Crippen molar-refractivity contribution in [1.29, 1.82) is 0 Å². The summed E-state index contributed by atoms with van der Waals surface area (Å²) in [7, 11) is 0. The summed E-state index contributed by atoms with van der Waals surface area (Å²) in [5.74, 6) is -0.170. The average Bonchev–Trinajstić information content (AvgIpc) is 3.38. The van der Waals surface area contributed by atoms with E-state index in [1.54, 1.807) is 12.1 Å². The Kier molecular flexibility index (Phi) is 7.11. The highest BCUT2D eigenvalue weighted by molar-refractivity contribution is 5.98. The molecule has 6 heteroatoms. The van der Waals surface area contributed by atoms with Crippen LogP contribution >= 0.6 is 0 Å². The van der Waals surface area contributed by atoms with E-state index in [2.05, 4.69) is 5.32 Å². The van der Waals surface area contributed by atoms with Gasteiger partial charge in [-0.1, -0.05) is 35.4 Å². The summed E-state index contributed by atoms with van der Waals surface area (Å²) in [6.45, 7) is 6.65. The highest BCUT2D eigenvalue weighted by Gasteiger charge is 2.37. The van der Waals surface area contributed by atoms with E-state index in [1.165, 1.54) is 0 Å². The van der Waals surface area contributed by atoms with Crippen molar-refractivity contribution in [3.05, 3.63) is 70.8 Å². The third kappa shape index (κ3) is 5.44. The van der Waals surface area contributed by atoms with E-state index in [9.17, 15) is 14.4 Å². The Morgan fingerprint density at radius 3 is 1.82 bits per heavy atom. The van der Waals surface area contributed by atoms with Crippen LogP contribution in [0, 0.1) is 19.8 Å². The molecule has 2 heterocycles. The van der Waals surface area contributed by atoms with E-state index in [4.69, 9.17) is 0 Å². The van der Waals surface area contributed by atoms with Gasteiger partial charge in [-0.05, 0) is 69.7 Å². The van der Waals surface area contributed by atoms with E-state index in [0.717, 1.165) is 37.1 Å². The first-order valence-electron chi connectivity index (χ1n) is 11.9. The maximum atomic E-state index is 13.4. The fourth-order valence-electron chi connectivity index (χ4n) is 4.76. The molecule has 2 aromatic carbocycles. The number of hydrogen-bond donors (Lipinski definition) is 1. The molecular weight excluding hydrogens is 414 g/mol. The second kappa shape index (κ2) is 10.2. The number of nitrogens with zero attached hydrogens (tertiary/aromatic N) is 2. The topological polar surface area (TPSA) is 69.7 Å². The molecule has 0 radical (unpaired) electrons. The van der Waals surface area contributed by atoms with Gasteiger partial charge < -0.3 is 15.1 Å². The maximum Gasteiger partial charge on any atom is 0.253 e. The van der Waals surface area contributed by atoms with Crippen LogP contribution in [0.5, 0.6) is 0 Å². The molecule has 33 heavy (non-hydrogen) atoms. The predicted molar refractivity (Wildman–Crippen MR) is 128 cm³/mol. The van der Waals surface area contributed by atoms with E-state index >= 15 is 0 Å². The molecule has 2 aliphatic rings. The Hall–Kier alpha value is -3.15. The predicted octanol–water partition coefficient (Wildman–Crippen LogP) is 3.58. The maximum absolute atomic E-state index is 13.4. The van der Waals surface area contributed by atoms with Crippen molar-refractivity contribution in [3.8, 4) is 0 Å². The minimum absolute atomic E-state index is 0.00886. The van der Waals surface area contributed by atoms with Crippen LogP contribution in [-0.2, 0) is 4.79 Å². The Morgan fingerprint density at radius 2 is 1.27 bits per heavy atom. The SMILES string of the molecule is Cc1ccc(C(=O)N[C@@H](C(=O)N2CCCC2)C2CCN(C(=O)c3ccc(C)cc3)CC2)cc1. The number of hydrogen-bond acceptors (Lipinski definition) is 3. The molecule has 0 bridgehead atoms. The quantitative estimate of drug-likeness (QED) is 0.762. The summed E-state index contributed by atoms with van der Waals surface area (Å²) >= 11 is 0. The van der Waals surface area contributed by atoms with Gasteiger partial charge in [0.15, 0.2) is 0 Å². The van der Waals surface area contributed by atoms with Crippen LogP contribution in [0.15, 0.2) is 48.5 Å². The second-order valence-corrected chi connectivity index (χ2v) is 9.35. The molecule has 1 atom stereocenters. The smallest absolute Gasteiger partial charge is 0.253 e. The standard InChI is InChI=1S/C27H33N3O3/c1-19-5-9-22(10-6-19)25(31)28-24(27(33)29-15-3-4-16-29)21-13-17-30(18-14-21)26(32)23-11-7-20(2)8-12-23/h5-12,21,24H,3-4,13-18H2,1-2H3,(H,28,31)/t24-/m1/s1. The van der Waals surface area contributed by atoms with Crippen LogP contribution in [0.3, 0.4) is 0 Å². The molecule has 0 aromatic heterocycles. The first-order valence-corrected chi connectivity index (χ1v) is 11.9. The fraction of sp³-hybridized carbons (Fsp3) is 0.444. The number of rotatable bonds is 5. The Balaban J connectivity index is 1.45. The molecule has 2 fully saturated rings. The lowest BCUT2D eigenvalue weighted by Crippen LogP contribution is -2.54. The number of piperidine rings is 1. The zero-order valence-corrected chi connectivity index (χ0v) is 19.5. The molecule has 2 aliphatic heterocycles. The minimum Gasteiger partial charge on any atom is -0.341 e. The van der Waals surface area contributed by atoms with Crippen molar-refractivity contribution in [2.75, 3.05) is 26.2 Å². The summed E-state index contributed by atoms with van der Waals surface area (Å²) in [6.07, 6.45) is 3.40. The number of benzene rings is 2. The van der Waals surface area contributed by atoms with E-state index in [0.29, 0.717) is 37.1 Å². The molecule has 174 valence electrons. The Bertz CT molecular complexity index is 986. The number of amides is 3. The molecule has 1 N–H and O–H groups in total. The summed E-state index contributed by atoms with van der Waals surface area (Å²) in [5.41, 5.74) is 3.46. The Labute approximate surface area is 196 Å². The van der Waals surface area contributed by atoms with Crippen molar-refractivity contribution < 1.29 is 14.4 Å². The molecule has 3 amide bonds. The summed E-state index contributed by atoms with van der Waals surface area (Å²) in [4.78, 5) is 43.0. The van der Waals surface area contributed by atoms with Gasteiger partial charge in [0.25, 0.3) is 11.8 Å². The van der Waals surface area contributed by atoms with Gasteiger partial charge in [-0.3, -0.25) is 14.4 Å². The molecule has 2 saturated heterocycles. The van der Waals surface area contributed by atoms with Crippen molar-refractivity contribution in [2.24, 2.45) is 5.92 Å². The van der Waals surface area contributed by atoms with Crippen LogP contribution in [0.4, 0.5) is 0 Å². The molecule has 0 spiro atoms. The molecule has 0 unspecified atom stereocenters. The van der Waals surface area contributed by atoms with Gasteiger partial charge in [0.2, 0.25) is 5.91 Å². The number of carbonyl (C=O) groups excluding carboxylic acids is 3. The van der Waals surface area contributed by atoms with Gasteiger partial charge in [0.1, 0.15) is 6.04 Å². The van der Waals surface area contributed by atoms with Crippen LogP contribution in [0.25, 0.3) is 0 Å². The van der Waals surface area contributed by atoms with Crippen molar-refractivity contribution in [3.63, 3.8) is 0 Å². The Morgan fingerprint density at radius 1 is 0.758 bits per heavy atom. The number of aryl methyl sites for hydroxylation is 2. The summed E-state index contributed by atoms with van der Waals surface area (Å²) in [6, 6.07) is 14.5. The molecule has 0 saturated carbocycles. The normalized spacial score (nSPS) is 17.6. The second-order valence-electron chi connectivity index (χ2n) is 9.35. The molecule has 4 rings (SSSR count). The zero-order chi connectivity index (χ0) is 23.4. The van der Waals surface area contributed by atoms with Crippen molar-refractivity contribution in [2.45, 2.75) is 45.6 Å². The lowest BCUT2D eigenvalue weighted by Gasteiger charge is -2.37. The van der Waals surface area contributed by atoms with Crippen molar-refractivity contribution >= 4 is 17.7 Å². The average molecular weight is 448 g/mol. The first kappa shape index (κ1) is 23.0. The molecule has 0 aliphatic carbocycles. The van der Waals surface area contributed by atoms with Crippen LogP contribution in [0.1, 0.15) is 57.5 Å². The summed E-state index contributed by atoms with van der Waals surface area (Å²) < 4.78 is 0. The van der Waals surface area contributed by atoms with Gasteiger partial charge in [0.05, 0.1) is 0 Å². The van der Waals surface area contributed by atoms with E-state index in [1.807, 2.05) is 60.0 Å².